The molecule has 3 unspecified atom stereocenters. The van der Waals surface area contributed by atoms with E-state index in [9.17, 15) is 9.90 Å². The van der Waals surface area contributed by atoms with E-state index in [1.165, 1.54) is 0 Å². The number of aliphatic hydroxyl groups is 1. The Hall–Kier alpha value is -0.610. The van der Waals surface area contributed by atoms with Crippen molar-refractivity contribution in [2.75, 3.05) is 13.1 Å². The summed E-state index contributed by atoms with van der Waals surface area (Å²) in [6.07, 6.45) is 1.56. The second-order valence-corrected chi connectivity index (χ2v) is 7.56. The predicted octanol–water partition coefficient (Wildman–Crippen LogP) is 2.26. The molecule has 3 atom stereocenters. The zero-order chi connectivity index (χ0) is 16.2. The number of hydrogen-bond acceptors (Lipinski definition) is 3. The Morgan fingerprint density at radius 2 is 1.81 bits per heavy atom. The van der Waals surface area contributed by atoms with Crippen LogP contribution in [0.1, 0.15) is 54.4 Å². The topological polar surface area (TPSA) is 52.6 Å². The van der Waals surface area contributed by atoms with Gasteiger partial charge in [0.1, 0.15) is 0 Å². The van der Waals surface area contributed by atoms with Crippen molar-refractivity contribution < 1.29 is 9.90 Å². The van der Waals surface area contributed by atoms with Crippen LogP contribution >= 0.6 is 0 Å². The van der Waals surface area contributed by atoms with Crippen LogP contribution in [0.3, 0.4) is 0 Å². The Labute approximate surface area is 130 Å². The van der Waals surface area contributed by atoms with Gasteiger partial charge >= 0.3 is 0 Å². The average Bonchev–Trinajstić information content (AvgIpc) is 2.37. The fourth-order valence-electron chi connectivity index (χ4n) is 2.92. The van der Waals surface area contributed by atoms with Crippen LogP contribution in [0.5, 0.6) is 0 Å². The van der Waals surface area contributed by atoms with E-state index in [0.717, 1.165) is 25.9 Å². The van der Waals surface area contributed by atoms with Crippen molar-refractivity contribution in [3.63, 3.8) is 0 Å². The summed E-state index contributed by atoms with van der Waals surface area (Å²) < 4.78 is 0. The van der Waals surface area contributed by atoms with E-state index >= 15 is 0 Å². The molecule has 2 N–H and O–H groups in total. The lowest BCUT2D eigenvalue weighted by molar-refractivity contribution is -0.125. The van der Waals surface area contributed by atoms with Gasteiger partial charge in [0.25, 0.3) is 0 Å². The maximum Gasteiger partial charge on any atom is 0.222 e. The van der Waals surface area contributed by atoms with Crippen LogP contribution in [-0.4, -0.2) is 47.2 Å². The molecule has 0 spiro atoms. The van der Waals surface area contributed by atoms with E-state index in [-0.39, 0.29) is 24.0 Å². The fraction of sp³-hybridized carbons (Fsp3) is 0.941. The van der Waals surface area contributed by atoms with E-state index in [1.807, 2.05) is 13.8 Å². The number of nitrogens with zero attached hydrogens (tertiary/aromatic N) is 1. The van der Waals surface area contributed by atoms with Crippen molar-refractivity contribution >= 4 is 5.91 Å². The fourth-order valence-corrected chi connectivity index (χ4v) is 2.92. The molecule has 1 rings (SSSR count). The van der Waals surface area contributed by atoms with Gasteiger partial charge in [-0.25, -0.2) is 0 Å². The van der Waals surface area contributed by atoms with Gasteiger partial charge in [0.05, 0.1) is 6.10 Å². The van der Waals surface area contributed by atoms with Crippen LogP contribution in [0.15, 0.2) is 0 Å². The molecule has 0 aromatic heterocycles. The number of piperidine rings is 1. The molecule has 1 aliphatic rings. The van der Waals surface area contributed by atoms with Gasteiger partial charge in [-0.1, -0.05) is 27.7 Å². The minimum Gasteiger partial charge on any atom is -0.393 e. The Morgan fingerprint density at radius 1 is 1.19 bits per heavy atom. The molecule has 0 aliphatic carbocycles. The maximum atomic E-state index is 11.9. The third-order valence-corrected chi connectivity index (χ3v) is 4.51. The summed E-state index contributed by atoms with van der Waals surface area (Å²) in [4.78, 5) is 14.4. The van der Waals surface area contributed by atoms with E-state index < -0.39 is 0 Å². The second-order valence-electron chi connectivity index (χ2n) is 7.56. The number of rotatable bonds is 6. The first-order valence-corrected chi connectivity index (χ1v) is 8.43. The largest absolute Gasteiger partial charge is 0.393 e. The summed E-state index contributed by atoms with van der Waals surface area (Å²) >= 11 is 0. The second kappa shape index (κ2) is 8.14. The Bertz CT molecular complexity index is 327. The number of aliphatic hydroxyl groups excluding tert-OH is 1. The molecule has 0 aromatic carbocycles. The Balaban J connectivity index is 2.66. The van der Waals surface area contributed by atoms with Crippen LogP contribution in [0.4, 0.5) is 0 Å². The first-order valence-electron chi connectivity index (χ1n) is 8.43. The normalized spacial score (nSPS) is 25.6. The number of amides is 1. The average molecular weight is 298 g/mol. The zero-order valence-electron chi connectivity index (χ0n) is 14.6. The molecule has 21 heavy (non-hydrogen) atoms. The quantitative estimate of drug-likeness (QED) is 0.791. The van der Waals surface area contributed by atoms with Crippen LogP contribution in [0.2, 0.25) is 0 Å². The first kappa shape index (κ1) is 18.4. The van der Waals surface area contributed by atoms with Gasteiger partial charge in [-0.2, -0.15) is 0 Å². The molecule has 124 valence electrons. The number of carbonyl (C=O) groups is 1. The highest BCUT2D eigenvalue weighted by Gasteiger charge is 2.31. The van der Waals surface area contributed by atoms with Crippen LogP contribution in [0, 0.1) is 17.8 Å². The van der Waals surface area contributed by atoms with Crippen molar-refractivity contribution in [2.45, 2.75) is 72.6 Å². The van der Waals surface area contributed by atoms with Crippen molar-refractivity contribution in [1.29, 1.82) is 0 Å². The van der Waals surface area contributed by atoms with Gasteiger partial charge in [0, 0.05) is 31.1 Å². The van der Waals surface area contributed by atoms with Crippen LogP contribution in [0.25, 0.3) is 0 Å². The van der Waals surface area contributed by atoms with Crippen LogP contribution in [-0.2, 0) is 4.79 Å². The molecular formula is C17H34N2O2. The molecule has 0 radical (unpaired) electrons. The minimum absolute atomic E-state index is 0.0270. The van der Waals surface area contributed by atoms with E-state index in [1.54, 1.807) is 0 Å². The predicted molar refractivity (Wildman–Crippen MR) is 87.0 cm³/mol. The lowest BCUT2D eigenvalue weighted by Gasteiger charge is -2.41. The van der Waals surface area contributed by atoms with Gasteiger partial charge in [0.15, 0.2) is 0 Å². The number of carbonyl (C=O) groups excluding carboxylic acids is 1. The monoisotopic (exact) mass is 298 g/mol. The molecule has 0 saturated carbocycles. The van der Waals surface area contributed by atoms with Crippen molar-refractivity contribution in [3.8, 4) is 0 Å². The summed E-state index contributed by atoms with van der Waals surface area (Å²) in [7, 11) is 0. The van der Waals surface area contributed by atoms with Crippen molar-refractivity contribution in [2.24, 2.45) is 17.8 Å². The van der Waals surface area contributed by atoms with Gasteiger partial charge in [-0.15, -0.1) is 0 Å². The lowest BCUT2D eigenvalue weighted by Crippen LogP contribution is -2.53. The molecule has 1 fully saturated rings. The number of nitrogens with one attached hydrogen (secondary N) is 1. The molecule has 0 aromatic rings. The molecule has 4 nitrogen and oxygen atoms in total. The highest BCUT2D eigenvalue weighted by Crippen LogP contribution is 2.25. The molecule has 1 heterocycles. The summed E-state index contributed by atoms with van der Waals surface area (Å²) in [5.41, 5.74) is 0. The van der Waals surface area contributed by atoms with Crippen molar-refractivity contribution in [1.82, 2.24) is 10.2 Å². The third kappa shape index (κ3) is 5.95. The summed E-state index contributed by atoms with van der Waals surface area (Å²) in [6.45, 7) is 14.3. The third-order valence-electron chi connectivity index (χ3n) is 4.51. The molecule has 0 bridgehead atoms. The van der Waals surface area contributed by atoms with E-state index in [4.69, 9.17) is 0 Å². The molecule has 1 amide bonds. The van der Waals surface area contributed by atoms with Gasteiger partial charge in [-0.05, 0) is 38.5 Å². The molecular weight excluding hydrogens is 264 g/mol. The molecule has 1 aliphatic heterocycles. The maximum absolute atomic E-state index is 11.9. The van der Waals surface area contributed by atoms with E-state index in [0.29, 0.717) is 17.9 Å². The minimum atomic E-state index is -0.247. The first-order chi connectivity index (χ1) is 9.70. The Morgan fingerprint density at radius 3 is 2.29 bits per heavy atom. The summed E-state index contributed by atoms with van der Waals surface area (Å²) in [6, 6.07) is 0.683. The number of hydrogen-bond donors (Lipinski definition) is 2. The summed E-state index contributed by atoms with van der Waals surface area (Å²) in [5, 5.41) is 13.3. The highest BCUT2D eigenvalue weighted by atomic mass is 16.3. The number of likely N-dealkylation sites (tertiary alicyclic amines) is 1. The van der Waals surface area contributed by atoms with E-state index in [2.05, 4.69) is 37.9 Å². The molecule has 4 heteroatoms. The standard InChI is InChI=1S/C17H34N2O2/c1-11(2)16(20)8-14-7-15(18-17(21)12(3)4)10-19(9-14)13(5)6/h11-16,20H,7-10H2,1-6H3,(H,18,21). The zero-order valence-corrected chi connectivity index (χ0v) is 14.6. The van der Waals surface area contributed by atoms with Gasteiger partial charge in [0.2, 0.25) is 5.91 Å². The Kier molecular flexibility index (Phi) is 7.14. The summed E-state index contributed by atoms with van der Waals surface area (Å²) in [5.74, 6) is 0.909. The van der Waals surface area contributed by atoms with Crippen LogP contribution < -0.4 is 5.32 Å². The van der Waals surface area contributed by atoms with Gasteiger partial charge < -0.3 is 10.4 Å². The smallest absolute Gasteiger partial charge is 0.222 e. The highest BCUT2D eigenvalue weighted by molar-refractivity contribution is 5.78. The lowest BCUT2D eigenvalue weighted by atomic mass is 9.86. The molecule has 1 saturated heterocycles. The van der Waals surface area contributed by atoms with Gasteiger partial charge in [-0.3, -0.25) is 9.69 Å². The SMILES string of the molecule is CC(C)C(=O)NC1CC(CC(O)C(C)C)CN(C(C)C)C1. The van der Waals surface area contributed by atoms with Crippen molar-refractivity contribution in [3.05, 3.63) is 0 Å².